The monoisotopic (exact) mass is 230 g/mol. The molecule has 1 aliphatic rings. The van der Waals surface area contributed by atoms with Crippen molar-refractivity contribution in [1.29, 1.82) is 0 Å². The van der Waals surface area contributed by atoms with Crippen molar-refractivity contribution in [3.63, 3.8) is 0 Å². The van der Waals surface area contributed by atoms with Gasteiger partial charge in [0, 0.05) is 11.3 Å². The van der Waals surface area contributed by atoms with Gasteiger partial charge < -0.3 is 10.2 Å². The van der Waals surface area contributed by atoms with Crippen LogP contribution in [0.5, 0.6) is 0 Å². The van der Waals surface area contributed by atoms with Crippen LogP contribution in [0.2, 0.25) is 0 Å². The third-order valence-corrected chi connectivity index (χ3v) is 4.62. The molecule has 0 radical (unpaired) electrons. The molecule has 1 rings (SSSR count). The Hall–Kier alpha value is 0.270. The van der Waals surface area contributed by atoms with Gasteiger partial charge in [-0.3, -0.25) is 0 Å². The fourth-order valence-electron chi connectivity index (χ4n) is 1.92. The summed E-state index contributed by atoms with van der Waals surface area (Å²) in [4.78, 5) is 2.43. The first-order chi connectivity index (χ1) is 7.03. The summed E-state index contributed by atoms with van der Waals surface area (Å²) >= 11 is 1.94. The van der Waals surface area contributed by atoms with Crippen LogP contribution in [0.4, 0.5) is 0 Å². The van der Waals surface area contributed by atoms with Crippen LogP contribution in [0.3, 0.4) is 0 Å². The largest absolute Gasteiger partial charge is 0.315 e. The topological polar surface area (TPSA) is 15.3 Å². The molecule has 0 aromatic carbocycles. The van der Waals surface area contributed by atoms with Crippen molar-refractivity contribution < 1.29 is 0 Å². The van der Waals surface area contributed by atoms with Gasteiger partial charge in [0.25, 0.3) is 0 Å². The van der Waals surface area contributed by atoms with E-state index in [0.717, 1.165) is 12.5 Å². The maximum Gasteiger partial charge on any atom is 0.0225 e. The Bertz CT molecular complexity index is 174. The lowest BCUT2D eigenvalue weighted by Gasteiger charge is -2.30. The molecule has 15 heavy (non-hydrogen) atoms. The molecule has 0 saturated carbocycles. The zero-order valence-electron chi connectivity index (χ0n) is 10.7. The fourth-order valence-corrected chi connectivity index (χ4v) is 2.16. The van der Waals surface area contributed by atoms with Crippen molar-refractivity contribution in [3.05, 3.63) is 0 Å². The molecule has 1 aliphatic heterocycles. The highest BCUT2D eigenvalue weighted by Gasteiger charge is 2.19. The molecule has 1 saturated heterocycles. The highest BCUT2D eigenvalue weighted by molar-refractivity contribution is 7.99. The van der Waals surface area contributed by atoms with Crippen molar-refractivity contribution in [1.82, 2.24) is 10.2 Å². The molecule has 0 bridgehead atoms. The minimum absolute atomic E-state index is 0.380. The van der Waals surface area contributed by atoms with Gasteiger partial charge in [-0.1, -0.05) is 0 Å². The number of nitrogens with zero attached hydrogens (tertiary/aromatic N) is 1. The van der Waals surface area contributed by atoms with Crippen LogP contribution in [0.1, 0.15) is 26.7 Å². The standard InChI is InChI=1S/C12H26N2S/c1-12(2,15-4)10-13-9-11-5-7-14(3)8-6-11/h11,13H,5-10H2,1-4H3. The van der Waals surface area contributed by atoms with E-state index < -0.39 is 0 Å². The number of hydrogen-bond donors (Lipinski definition) is 1. The molecule has 0 atom stereocenters. The highest BCUT2D eigenvalue weighted by Crippen LogP contribution is 2.20. The van der Waals surface area contributed by atoms with Crippen LogP contribution in [0.15, 0.2) is 0 Å². The zero-order valence-corrected chi connectivity index (χ0v) is 11.5. The highest BCUT2D eigenvalue weighted by atomic mass is 32.2. The summed E-state index contributed by atoms with van der Waals surface area (Å²) in [6.45, 7) is 9.49. The van der Waals surface area contributed by atoms with E-state index in [1.807, 2.05) is 11.8 Å². The molecule has 1 N–H and O–H groups in total. The van der Waals surface area contributed by atoms with E-state index in [9.17, 15) is 0 Å². The maximum atomic E-state index is 3.62. The minimum atomic E-state index is 0.380. The molecule has 2 nitrogen and oxygen atoms in total. The Labute approximate surface area is 99.2 Å². The van der Waals surface area contributed by atoms with Crippen LogP contribution >= 0.6 is 11.8 Å². The Balaban J connectivity index is 2.10. The smallest absolute Gasteiger partial charge is 0.0225 e. The summed E-state index contributed by atoms with van der Waals surface area (Å²) in [5.41, 5.74) is 0. The van der Waals surface area contributed by atoms with Gasteiger partial charge in [-0.2, -0.15) is 11.8 Å². The molecule has 0 spiro atoms. The number of thioether (sulfide) groups is 1. The number of likely N-dealkylation sites (tertiary alicyclic amines) is 1. The molecule has 90 valence electrons. The fraction of sp³-hybridized carbons (Fsp3) is 1.00. The zero-order chi connectivity index (χ0) is 11.3. The third kappa shape index (κ3) is 5.23. The molecule has 3 heteroatoms. The van der Waals surface area contributed by atoms with Gasteiger partial charge in [0.1, 0.15) is 0 Å². The van der Waals surface area contributed by atoms with Crippen molar-refractivity contribution in [2.75, 3.05) is 39.5 Å². The van der Waals surface area contributed by atoms with Crippen LogP contribution in [-0.2, 0) is 0 Å². The summed E-state index contributed by atoms with van der Waals surface area (Å²) in [6.07, 6.45) is 4.92. The van der Waals surface area contributed by atoms with Crippen LogP contribution in [0.25, 0.3) is 0 Å². The van der Waals surface area contributed by atoms with Gasteiger partial charge in [0.2, 0.25) is 0 Å². The second kappa shape index (κ2) is 6.12. The Kier molecular flexibility index (Phi) is 5.44. The van der Waals surface area contributed by atoms with E-state index in [1.54, 1.807) is 0 Å². The number of rotatable bonds is 5. The SMILES string of the molecule is CSC(C)(C)CNCC1CCN(C)CC1. The summed E-state index contributed by atoms with van der Waals surface area (Å²) in [5, 5.41) is 3.62. The van der Waals surface area contributed by atoms with Gasteiger partial charge in [-0.15, -0.1) is 0 Å². The van der Waals surface area contributed by atoms with Crippen LogP contribution in [0, 0.1) is 5.92 Å². The van der Waals surface area contributed by atoms with Gasteiger partial charge in [-0.25, -0.2) is 0 Å². The second-order valence-electron chi connectivity index (χ2n) is 5.34. The average molecular weight is 230 g/mol. The Morgan fingerprint density at radius 1 is 1.33 bits per heavy atom. The van der Waals surface area contributed by atoms with Crippen molar-refractivity contribution in [3.8, 4) is 0 Å². The predicted molar refractivity (Wildman–Crippen MR) is 70.7 cm³/mol. The van der Waals surface area contributed by atoms with E-state index in [-0.39, 0.29) is 0 Å². The van der Waals surface area contributed by atoms with Crippen LogP contribution < -0.4 is 5.32 Å². The van der Waals surface area contributed by atoms with Gasteiger partial charge in [0.15, 0.2) is 0 Å². The quantitative estimate of drug-likeness (QED) is 0.778. The van der Waals surface area contributed by atoms with Gasteiger partial charge in [-0.05, 0) is 65.5 Å². The molecule has 0 unspecified atom stereocenters. The Morgan fingerprint density at radius 3 is 2.47 bits per heavy atom. The number of hydrogen-bond acceptors (Lipinski definition) is 3. The molecule has 0 aliphatic carbocycles. The first-order valence-electron chi connectivity index (χ1n) is 5.98. The summed E-state index contributed by atoms with van der Waals surface area (Å²) in [7, 11) is 2.22. The maximum absolute atomic E-state index is 3.62. The average Bonchev–Trinajstić information content (AvgIpc) is 2.21. The molecule has 0 aromatic heterocycles. The first kappa shape index (κ1) is 13.3. The number of piperidine rings is 1. The summed E-state index contributed by atoms with van der Waals surface area (Å²) < 4.78 is 0.380. The van der Waals surface area contributed by atoms with Crippen molar-refractivity contribution >= 4 is 11.8 Å². The summed E-state index contributed by atoms with van der Waals surface area (Å²) in [6, 6.07) is 0. The molecular formula is C12H26N2S. The molecule has 0 amide bonds. The van der Waals surface area contributed by atoms with Crippen molar-refractivity contribution in [2.45, 2.75) is 31.4 Å². The van der Waals surface area contributed by atoms with Crippen LogP contribution in [-0.4, -0.2) is 49.1 Å². The molecule has 1 fully saturated rings. The van der Waals surface area contributed by atoms with E-state index >= 15 is 0 Å². The van der Waals surface area contributed by atoms with Gasteiger partial charge >= 0.3 is 0 Å². The van der Waals surface area contributed by atoms with E-state index in [2.05, 4.69) is 37.4 Å². The van der Waals surface area contributed by atoms with E-state index in [4.69, 9.17) is 0 Å². The lowest BCUT2D eigenvalue weighted by Crippen LogP contribution is -2.38. The lowest BCUT2D eigenvalue weighted by atomic mass is 9.97. The minimum Gasteiger partial charge on any atom is -0.315 e. The summed E-state index contributed by atoms with van der Waals surface area (Å²) in [5.74, 6) is 0.902. The third-order valence-electron chi connectivity index (χ3n) is 3.37. The molecule has 1 heterocycles. The first-order valence-corrected chi connectivity index (χ1v) is 7.20. The molecule has 0 aromatic rings. The van der Waals surface area contributed by atoms with E-state index in [0.29, 0.717) is 4.75 Å². The normalized spacial score (nSPS) is 20.8. The molecular weight excluding hydrogens is 204 g/mol. The van der Waals surface area contributed by atoms with E-state index in [1.165, 1.54) is 32.5 Å². The second-order valence-corrected chi connectivity index (χ2v) is 6.85. The van der Waals surface area contributed by atoms with Crippen molar-refractivity contribution in [2.24, 2.45) is 5.92 Å². The Morgan fingerprint density at radius 2 is 1.93 bits per heavy atom. The van der Waals surface area contributed by atoms with Gasteiger partial charge in [0.05, 0.1) is 0 Å². The number of nitrogens with one attached hydrogen (secondary N) is 1. The lowest BCUT2D eigenvalue weighted by molar-refractivity contribution is 0.215. The predicted octanol–water partition coefficient (Wildman–Crippen LogP) is 2.06.